The van der Waals surface area contributed by atoms with Crippen molar-refractivity contribution in [1.29, 1.82) is 0 Å². The van der Waals surface area contributed by atoms with Crippen LogP contribution < -0.4 is 16.2 Å². The molecule has 6 heteroatoms. The molecule has 0 saturated heterocycles. The highest BCUT2D eigenvalue weighted by molar-refractivity contribution is 6.39. The van der Waals surface area contributed by atoms with Gasteiger partial charge >= 0.3 is 11.8 Å². The van der Waals surface area contributed by atoms with Crippen molar-refractivity contribution in [3.8, 4) is 0 Å². The number of nitrogens with one attached hydrogen (secondary N) is 2. The summed E-state index contributed by atoms with van der Waals surface area (Å²) in [5, 5.41) is 5.38. The summed E-state index contributed by atoms with van der Waals surface area (Å²) in [7, 11) is 0. The van der Waals surface area contributed by atoms with Crippen molar-refractivity contribution in [3.05, 3.63) is 28.7 Å². The number of nitrogens with zero attached hydrogens (tertiary/aromatic N) is 1. The molecule has 1 fully saturated rings. The molecule has 126 valence electrons. The van der Waals surface area contributed by atoms with Crippen LogP contribution in [-0.2, 0) is 16.1 Å². The molecule has 0 spiro atoms. The van der Waals surface area contributed by atoms with Gasteiger partial charge in [-0.3, -0.25) is 14.4 Å². The van der Waals surface area contributed by atoms with Crippen molar-refractivity contribution in [1.82, 2.24) is 9.88 Å². The minimum atomic E-state index is -0.697. The minimum Gasteiger partial charge on any atom is -0.345 e. The zero-order valence-corrected chi connectivity index (χ0v) is 14.0. The molecule has 6 nitrogen and oxygen atoms in total. The van der Waals surface area contributed by atoms with Gasteiger partial charge in [-0.15, -0.1) is 0 Å². The monoisotopic (exact) mass is 319 g/mol. The molecule has 2 rings (SSSR count). The first-order valence-electron chi connectivity index (χ1n) is 8.23. The van der Waals surface area contributed by atoms with E-state index in [0.717, 1.165) is 19.3 Å². The largest absolute Gasteiger partial charge is 0.345 e. The van der Waals surface area contributed by atoms with Gasteiger partial charge in [0, 0.05) is 24.8 Å². The maximum absolute atomic E-state index is 12.1. The third-order valence-electron chi connectivity index (χ3n) is 4.54. The van der Waals surface area contributed by atoms with Gasteiger partial charge in [0.05, 0.1) is 5.69 Å². The molecular formula is C17H25N3O3. The van der Waals surface area contributed by atoms with E-state index in [1.165, 1.54) is 16.7 Å². The van der Waals surface area contributed by atoms with Gasteiger partial charge in [0.2, 0.25) is 0 Å². The first-order valence-corrected chi connectivity index (χ1v) is 8.23. The molecule has 0 bridgehead atoms. The van der Waals surface area contributed by atoms with E-state index in [0.29, 0.717) is 24.1 Å². The molecule has 2 amide bonds. The lowest BCUT2D eigenvalue weighted by Crippen LogP contribution is -2.46. The number of amides is 2. The molecule has 1 aromatic rings. The zero-order valence-electron chi connectivity index (χ0n) is 14.0. The Kier molecular flexibility index (Phi) is 5.58. The van der Waals surface area contributed by atoms with E-state index in [4.69, 9.17) is 0 Å². The number of aryl methyl sites for hydroxylation is 1. The van der Waals surface area contributed by atoms with Crippen LogP contribution in [0.2, 0.25) is 0 Å². The van der Waals surface area contributed by atoms with Crippen LogP contribution >= 0.6 is 0 Å². The molecule has 1 aliphatic rings. The van der Waals surface area contributed by atoms with Crippen molar-refractivity contribution in [2.75, 3.05) is 5.32 Å². The number of pyridine rings is 1. The summed E-state index contributed by atoms with van der Waals surface area (Å²) in [6, 6.07) is 2.93. The third-order valence-corrected chi connectivity index (χ3v) is 4.54. The van der Waals surface area contributed by atoms with Crippen molar-refractivity contribution < 1.29 is 9.59 Å². The van der Waals surface area contributed by atoms with E-state index in [1.54, 1.807) is 6.20 Å². The average molecular weight is 319 g/mol. The normalized spacial score (nSPS) is 24.0. The number of carbonyl (C=O) groups excluding carboxylic acids is 2. The second kappa shape index (κ2) is 7.44. The van der Waals surface area contributed by atoms with Gasteiger partial charge in [-0.25, -0.2) is 0 Å². The molecule has 3 unspecified atom stereocenters. The number of hydrogen-bond acceptors (Lipinski definition) is 3. The summed E-state index contributed by atoms with van der Waals surface area (Å²) in [6.07, 6.45) is 4.58. The van der Waals surface area contributed by atoms with Crippen molar-refractivity contribution >= 4 is 17.5 Å². The van der Waals surface area contributed by atoms with Crippen LogP contribution in [-0.4, -0.2) is 22.4 Å². The molecular weight excluding hydrogens is 294 g/mol. The number of hydrogen-bond donors (Lipinski definition) is 2. The van der Waals surface area contributed by atoms with Crippen LogP contribution in [0.3, 0.4) is 0 Å². The molecule has 1 saturated carbocycles. The van der Waals surface area contributed by atoms with Gasteiger partial charge in [-0.1, -0.05) is 13.8 Å². The van der Waals surface area contributed by atoms with Gasteiger partial charge in [-0.05, 0) is 44.1 Å². The second-order valence-electron chi connectivity index (χ2n) is 6.47. The lowest BCUT2D eigenvalue weighted by molar-refractivity contribution is -0.137. The standard InChI is InChI=1S/C17H25N3O3/c1-4-20-10-13(6-8-15(20)21)18-16(22)17(23)19-14-7-5-11(2)9-12(14)3/h6,8,10-12,14H,4-5,7,9H2,1-3H3,(H,18,22)(H,19,23). The quantitative estimate of drug-likeness (QED) is 0.833. The van der Waals surface area contributed by atoms with Crippen molar-refractivity contribution in [3.63, 3.8) is 0 Å². The van der Waals surface area contributed by atoms with E-state index in [1.807, 2.05) is 6.92 Å². The predicted octanol–water partition coefficient (Wildman–Crippen LogP) is 1.75. The van der Waals surface area contributed by atoms with Gasteiger partial charge in [0.15, 0.2) is 0 Å². The van der Waals surface area contributed by atoms with Crippen LogP contribution in [0.25, 0.3) is 0 Å². The summed E-state index contributed by atoms with van der Waals surface area (Å²) < 4.78 is 1.47. The van der Waals surface area contributed by atoms with Gasteiger partial charge in [-0.2, -0.15) is 0 Å². The summed E-state index contributed by atoms with van der Waals surface area (Å²) in [4.78, 5) is 35.6. The van der Waals surface area contributed by atoms with E-state index >= 15 is 0 Å². The smallest absolute Gasteiger partial charge is 0.313 e. The zero-order chi connectivity index (χ0) is 17.0. The Bertz CT molecular complexity index is 638. The molecule has 1 heterocycles. The molecule has 0 aromatic carbocycles. The number of aromatic nitrogens is 1. The highest BCUT2D eigenvalue weighted by atomic mass is 16.2. The summed E-state index contributed by atoms with van der Waals surface area (Å²) in [6.45, 7) is 6.66. The Hall–Kier alpha value is -2.11. The first kappa shape index (κ1) is 17.2. The van der Waals surface area contributed by atoms with Crippen LogP contribution in [0, 0.1) is 11.8 Å². The Labute approximate surface area is 136 Å². The Morgan fingerprint density at radius 2 is 1.96 bits per heavy atom. The topological polar surface area (TPSA) is 80.2 Å². The summed E-state index contributed by atoms with van der Waals surface area (Å²) in [5.74, 6) is -0.276. The average Bonchev–Trinajstić information content (AvgIpc) is 2.51. The van der Waals surface area contributed by atoms with Gasteiger partial charge in [0.25, 0.3) is 5.56 Å². The summed E-state index contributed by atoms with van der Waals surface area (Å²) in [5.41, 5.74) is 0.303. The molecule has 0 aliphatic heterocycles. The second-order valence-corrected chi connectivity index (χ2v) is 6.47. The Morgan fingerprint density at radius 3 is 2.61 bits per heavy atom. The molecule has 1 aromatic heterocycles. The van der Waals surface area contributed by atoms with Crippen LogP contribution in [0.4, 0.5) is 5.69 Å². The number of rotatable bonds is 3. The van der Waals surface area contributed by atoms with Gasteiger partial charge < -0.3 is 15.2 Å². The molecule has 0 radical (unpaired) electrons. The lowest BCUT2D eigenvalue weighted by Gasteiger charge is -2.32. The van der Waals surface area contributed by atoms with E-state index < -0.39 is 11.8 Å². The first-order chi connectivity index (χ1) is 10.9. The molecule has 2 N–H and O–H groups in total. The fourth-order valence-electron chi connectivity index (χ4n) is 3.15. The molecule has 23 heavy (non-hydrogen) atoms. The van der Waals surface area contributed by atoms with Crippen LogP contribution in [0.5, 0.6) is 0 Å². The maximum Gasteiger partial charge on any atom is 0.313 e. The van der Waals surface area contributed by atoms with Crippen LogP contribution in [0.15, 0.2) is 23.1 Å². The minimum absolute atomic E-state index is 0.0500. The SMILES string of the molecule is CCn1cc(NC(=O)C(=O)NC2CCC(C)CC2C)ccc1=O. The van der Waals surface area contributed by atoms with Crippen molar-refractivity contribution in [2.24, 2.45) is 11.8 Å². The highest BCUT2D eigenvalue weighted by Gasteiger charge is 2.28. The highest BCUT2D eigenvalue weighted by Crippen LogP contribution is 2.28. The fraction of sp³-hybridized carbons (Fsp3) is 0.588. The molecule has 1 aliphatic carbocycles. The van der Waals surface area contributed by atoms with E-state index in [9.17, 15) is 14.4 Å². The lowest BCUT2D eigenvalue weighted by atomic mass is 9.80. The van der Waals surface area contributed by atoms with Crippen LogP contribution in [0.1, 0.15) is 40.0 Å². The molecule has 3 atom stereocenters. The predicted molar refractivity (Wildman–Crippen MR) is 89.1 cm³/mol. The third kappa shape index (κ3) is 4.43. The van der Waals surface area contributed by atoms with E-state index in [2.05, 4.69) is 24.5 Å². The maximum atomic E-state index is 12.1. The summed E-state index contributed by atoms with van der Waals surface area (Å²) >= 11 is 0. The number of carbonyl (C=O) groups is 2. The van der Waals surface area contributed by atoms with Crippen molar-refractivity contribution in [2.45, 2.75) is 52.6 Å². The fourth-order valence-corrected chi connectivity index (χ4v) is 3.15. The Morgan fingerprint density at radius 1 is 1.22 bits per heavy atom. The van der Waals surface area contributed by atoms with Gasteiger partial charge in [0.1, 0.15) is 0 Å². The Balaban J connectivity index is 1.95. The van der Waals surface area contributed by atoms with E-state index in [-0.39, 0.29) is 11.6 Å². The number of anilines is 1.